The van der Waals surface area contributed by atoms with Gasteiger partial charge in [0.15, 0.2) is 0 Å². The van der Waals surface area contributed by atoms with Crippen molar-refractivity contribution in [1.29, 1.82) is 0 Å². The number of benzene rings is 3. The molecular weight excluding hydrogens is 394 g/mol. The van der Waals surface area contributed by atoms with Gasteiger partial charge in [0.25, 0.3) is 5.91 Å². The van der Waals surface area contributed by atoms with Crippen molar-refractivity contribution in [3.63, 3.8) is 0 Å². The zero-order valence-corrected chi connectivity index (χ0v) is 17.6. The van der Waals surface area contributed by atoms with Gasteiger partial charge in [-0.05, 0) is 34.4 Å². The topological polar surface area (TPSA) is 55.4 Å². The van der Waals surface area contributed by atoms with Gasteiger partial charge < -0.3 is 10.1 Å². The van der Waals surface area contributed by atoms with Crippen LogP contribution in [0.15, 0.2) is 72.1 Å². The van der Waals surface area contributed by atoms with Crippen molar-refractivity contribution in [2.75, 3.05) is 12.4 Å². The fourth-order valence-electron chi connectivity index (χ4n) is 3.48. The molecule has 1 aromatic heterocycles. The van der Waals surface area contributed by atoms with Gasteiger partial charge >= 0.3 is 5.97 Å². The van der Waals surface area contributed by atoms with Crippen LogP contribution in [0.3, 0.4) is 0 Å². The van der Waals surface area contributed by atoms with E-state index in [0.29, 0.717) is 16.1 Å². The number of amides is 1. The molecule has 0 aliphatic heterocycles. The van der Waals surface area contributed by atoms with E-state index < -0.39 is 5.97 Å². The van der Waals surface area contributed by atoms with E-state index in [1.54, 1.807) is 6.07 Å². The van der Waals surface area contributed by atoms with Crippen LogP contribution in [0.1, 0.15) is 33.2 Å². The first kappa shape index (κ1) is 19.9. The zero-order chi connectivity index (χ0) is 21.1. The minimum absolute atomic E-state index is 0.258. The molecule has 150 valence electrons. The first-order valence-electron chi connectivity index (χ1n) is 9.70. The fraction of sp³-hybridized carbons (Fsp3) is 0.120. The Hall–Kier alpha value is -3.44. The molecule has 30 heavy (non-hydrogen) atoms. The number of fused-ring (bicyclic) bond motifs is 1. The van der Waals surface area contributed by atoms with Crippen molar-refractivity contribution >= 4 is 39.0 Å². The second-order valence-corrected chi connectivity index (χ2v) is 7.76. The summed E-state index contributed by atoms with van der Waals surface area (Å²) >= 11 is 1.32. The van der Waals surface area contributed by atoms with Gasteiger partial charge in [0.05, 0.1) is 7.11 Å². The number of methoxy groups -OCH3 is 1. The highest BCUT2D eigenvalue weighted by Gasteiger charge is 2.23. The molecule has 0 fully saturated rings. The van der Waals surface area contributed by atoms with E-state index >= 15 is 0 Å². The standard InChI is InChI=1S/C25H21NO3S/c1-3-16-11-13-18(14-12-16)21-15-30-24(22(21)25(28)29-2)26-23(27)20-10-6-8-17-7-4-5-9-19(17)20/h4-15H,3H2,1-2H3,(H,26,27). The Morgan fingerprint density at radius 3 is 2.43 bits per heavy atom. The summed E-state index contributed by atoms with van der Waals surface area (Å²) in [6.45, 7) is 2.10. The van der Waals surface area contributed by atoms with Gasteiger partial charge in [0.2, 0.25) is 0 Å². The summed E-state index contributed by atoms with van der Waals surface area (Å²) in [5, 5.41) is 7.14. The zero-order valence-electron chi connectivity index (χ0n) is 16.8. The summed E-state index contributed by atoms with van der Waals surface area (Å²) < 4.78 is 5.02. The first-order valence-corrected chi connectivity index (χ1v) is 10.6. The molecule has 4 nitrogen and oxygen atoms in total. The quantitative estimate of drug-likeness (QED) is 0.397. The maximum atomic E-state index is 13.1. The molecule has 1 amide bonds. The molecule has 3 aromatic carbocycles. The van der Waals surface area contributed by atoms with Gasteiger partial charge in [-0.3, -0.25) is 4.79 Å². The molecular formula is C25H21NO3S. The van der Waals surface area contributed by atoms with Crippen LogP contribution >= 0.6 is 11.3 Å². The van der Waals surface area contributed by atoms with Crippen molar-refractivity contribution in [3.8, 4) is 11.1 Å². The SMILES string of the molecule is CCc1ccc(-c2csc(NC(=O)c3cccc4ccccc34)c2C(=O)OC)cc1. The van der Waals surface area contributed by atoms with Crippen LogP contribution in [0.25, 0.3) is 21.9 Å². The van der Waals surface area contributed by atoms with Gasteiger partial charge in [-0.15, -0.1) is 11.3 Å². The van der Waals surface area contributed by atoms with E-state index in [0.717, 1.165) is 28.3 Å². The molecule has 1 N–H and O–H groups in total. The first-order chi connectivity index (χ1) is 14.6. The average Bonchev–Trinajstić information content (AvgIpc) is 3.21. The second kappa shape index (κ2) is 8.51. The molecule has 0 aliphatic carbocycles. The number of carbonyl (C=O) groups is 2. The van der Waals surface area contributed by atoms with Crippen molar-refractivity contribution in [2.24, 2.45) is 0 Å². The smallest absolute Gasteiger partial charge is 0.341 e. The monoisotopic (exact) mass is 415 g/mol. The maximum Gasteiger partial charge on any atom is 0.341 e. The Labute approximate surface area is 179 Å². The molecule has 0 unspecified atom stereocenters. The number of thiophene rings is 1. The third kappa shape index (κ3) is 3.72. The third-order valence-electron chi connectivity index (χ3n) is 5.12. The summed E-state index contributed by atoms with van der Waals surface area (Å²) in [5.74, 6) is -0.731. The molecule has 4 rings (SSSR count). The molecule has 0 atom stereocenters. The van der Waals surface area contributed by atoms with Gasteiger partial charge in [-0.25, -0.2) is 4.79 Å². The van der Waals surface area contributed by atoms with Crippen LogP contribution in [0, 0.1) is 0 Å². The molecule has 1 heterocycles. The minimum atomic E-state index is -0.473. The Morgan fingerprint density at radius 2 is 1.70 bits per heavy atom. The van der Waals surface area contributed by atoms with Crippen molar-refractivity contribution in [1.82, 2.24) is 0 Å². The lowest BCUT2D eigenvalue weighted by Crippen LogP contribution is -2.14. The molecule has 0 saturated heterocycles. The fourth-order valence-corrected chi connectivity index (χ4v) is 4.43. The van der Waals surface area contributed by atoms with Crippen molar-refractivity contribution in [3.05, 3.63) is 88.8 Å². The van der Waals surface area contributed by atoms with Gasteiger partial charge in [0.1, 0.15) is 10.6 Å². The molecule has 5 heteroatoms. The van der Waals surface area contributed by atoms with Gasteiger partial charge in [-0.2, -0.15) is 0 Å². The number of rotatable bonds is 5. The van der Waals surface area contributed by atoms with E-state index in [9.17, 15) is 9.59 Å². The molecule has 0 bridgehead atoms. The summed E-state index contributed by atoms with van der Waals surface area (Å²) in [6, 6.07) is 21.4. The van der Waals surface area contributed by atoms with Gasteiger partial charge in [-0.1, -0.05) is 67.6 Å². The van der Waals surface area contributed by atoms with Crippen LogP contribution in [0.5, 0.6) is 0 Å². The Morgan fingerprint density at radius 1 is 0.967 bits per heavy atom. The van der Waals surface area contributed by atoms with E-state index in [-0.39, 0.29) is 5.91 Å². The summed E-state index contributed by atoms with van der Waals surface area (Å²) in [5.41, 5.74) is 3.82. The van der Waals surface area contributed by atoms with E-state index in [1.165, 1.54) is 24.0 Å². The van der Waals surface area contributed by atoms with E-state index in [1.807, 2.05) is 66.0 Å². The lowest BCUT2D eigenvalue weighted by atomic mass is 10.0. The Bertz CT molecular complexity index is 1220. The number of aryl methyl sites for hydroxylation is 1. The second-order valence-electron chi connectivity index (χ2n) is 6.88. The highest BCUT2D eigenvalue weighted by Crippen LogP contribution is 2.37. The van der Waals surface area contributed by atoms with E-state index in [2.05, 4.69) is 12.2 Å². The Kier molecular flexibility index (Phi) is 5.63. The van der Waals surface area contributed by atoms with Crippen LogP contribution in [0.4, 0.5) is 5.00 Å². The lowest BCUT2D eigenvalue weighted by molar-refractivity contribution is 0.0603. The third-order valence-corrected chi connectivity index (χ3v) is 6.01. The summed E-state index contributed by atoms with van der Waals surface area (Å²) in [6.07, 6.45) is 0.945. The molecule has 0 saturated carbocycles. The number of hydrogen-bond donors (Lipinski definition) is 1. The van der Waals surface area contributed by atoms with Crippen molar-refractivity contribution < 1.29 is 14.3 Å². The highest BCUT2D eigenvalue weighted by molar-refractivity contribution is 7.15. The predicted octanol–water partition coefficient (Wildman–Crippen LogP) is 6.17. The van der Waals surface area contributed by atoms with Crippen LogP contribution in [-0.4, -0.2) is 19.0 Å². The summed E-state index contributed by atoms with van der Waals surface area (Å²) in [4.78, 5) is 25.6. The van der Waals surface area contributed by atoms with Crippen LogP contribution < -0.4 is 5.32 Å². The predicted molar refractivity (Wildman–Crippen MR) is 122 cm³/mol. The Balaban J connectivity index is 1.72. The number of ether oxygens (including phenoxy) is 1. The van der Waals surface area contributed by atoms with Crippen molar-refractivity contribution in [2.45, 2.75) is 13.3 Å². The van der Waals surface area contributed by atoms with Crippen LogP contribution in [0.2, 0.25) is 0 Å². The number of esters is 1. The number of carbonyl (C=O) groups excluding carboxylic acids is 2. The highest BCUT2D eigenvalue weighted by atomic mass is 32.1. The van der Waals surface area contributed by atoms with Crippen LogP contribution in [-0.2, 0) is 11.2 Å². The van der Waals surface area contributed by atoms with Gasteiger partial charge in [0, 0.05) is 16.5 Å². The average molecular weight is 416 g/mol. The number of hydrogen-bond acceptors (Lipinski definition) is 4. The summed E-state index contributed by atoms with van der Waals surface area (Å²) in [7, 11) is 1.35. The normalized spacial score (nSPS) is 10.7. The molecule has 4 aromatic rings. The number of nitrogens with one attached hydrogen (secondary N) is 1. The molecule has 0 aliphatic rings. The largest absolute Gasteiger partial charge is 0.465 e. The molecule has 0 spiro atoms. The minimum Gasteiger partial charge on any atom is -0.465 e. The maximum absolute atomic E-state index is 13.1. The van der Waals surface area contributed by atoms with E-state index in [4.69, 9.17) is 4.74 Å². The molecule has 0 radical (unpaired) electrons. The number of anilines is 1. The lowest BCUT2D eigenvalue weighted by Gasteiger charge is -2.10.